The van der Waals surface area contributed by atoms with Crippen LogP contribution in [0.3, 0.4) is 0 Å². The van der Waals surface area contributed by atoms with Crippen LogP contribution in [0.2, 0.25) is 0 Å². The molecular formula is C56H45BN2O2. The zero-order valence-electron chi connectivity index (χ0n) is 35.4. The van der Waals surface area contributed by atoms with E-state index in [4.69, 9.17) is 8.83 Å². The van der Waals surface area contributed by atoms with Crippen molar-refractivity contribution in [2.75, 3.05) is 9.80 Å². The van der Waals surface area contributed by atoms with Gasteiger partial charge in [0.05, 0.1) is 11.1 Å². The van der Waals surface area contributed by atoms with E-state index in [0.29, 0.717) is 0 Å². The highest BCUT2D eigenvalue weighted by atomic mass is 16.3. The number of para-hydroxylation sites is 3. The fraction of sp³-hybridized carbons (Fsp3) is 0.143. The minimum atomic E-state index is -0.0417. The van der Waals surface area contributed by atoms with Crippen LogP contribution in [0.4, 0.5) is 34.1 Å². The normalized spacial score (nSPS) is 13.6. The quantitative estimate of drug-likeness (QED) is 0.167. The standard InChI is InChI=1S/C56H45BN2O2/c1-55(2,3)35-27-31-44-43(32-35)57-42-30-26-36(56(4,5)6)33-48(42)59(45-18-13-23-51-52(45)41-15-8-10-22-50(41)60-51)47-20-12-19-46(53(47)57)58(44)37-28-24-34(25-29-37)38-16-11-17-40-39-14-7-9-21-49(39)61-54(38)40/h7-33H,1-6H3. The van der Waals surface area contributed by atoms with Crippen molar-refractivity contribution in [1.82, 2.24) is 0 Å². The van der Waals surface area contributed by atoms with Crippen molar-refractivity contribution in [1.29, 1.82) is 0 Å². The Morgan fingerprint density at radius 1 is 0.426 bits per heavy atom. The summed E-state index contributed by atoms with van der Waals surface area (Å²) < 4.78 is 13.0. The summed E-state index contributed by atoms with van der Waals surface area (Å²) in [5, 5.41) is 4.52. The van der Waals surface area contributed by atoms with Crippen molar-refractivity contribution in [3.63, 3.8) is 0 Å². The van der Waals surface area contributed by atoms with Crippen molar-refractivity contribution >= 4 is 101 Å². The predicted molar refractivity (Wildman–Crippen MR) is 258 cm³/mol. The van der Waals surface area contributed by atoms with Crippen molar-refractivity contribution < 1.29 is 8.83 Å². The van der Waals surface area contributed by atoms with Gasteiger partial charge < -0.3 is 18.6 Å². The maximum Gasteiger partial charge on any atom is 0.252 e. The smallest absolute Gasteiger partial charge is 0.252 e. The van der Waals surface area contributed by atoms with Gasteiger partial charge in [-0.3, -0.25) is 0 Å². The molecule has 0 aliphatic carbocycles. The summed E-state index contributed by atoms with van der Waals surface area (Å²) in [4.78, 5) is 5.02. The lowest BCUT2D eigenvalue weighted by molar-refractivity contribution is 0.590. The number of rotatable bonds is 3. The van der Waals surface area contributed by atoms with Crippen LogP contribution in [-0.4, -0.2) is 6.71 Å². The summed E-state index contributed by atoms with van der Waals surface area (Å²) in [6.07, 6.45) is 0. The van der Waals surface area contributed by atoms with E-state index in [1.54, 1.807) is 0 Å². The Balaban J connectivity index is 1.10. The van der Waals surface area contributed by atoms with Crippen LogP contribution in [0.1, 0.15) is 52.7 Å². The van der Waals surface area contributed by atoms with E-state index in [0.717, 1.165) is 66.4 Å². The van der Waals surface area contributed by atoms with Gasteiger partial charge in [0.2, 0.25) is 0 Å². The Labute approximate surface area is 356 Å². The maximum atomic E-state index is 6.52. The van der Waals surface area contributed by atoms with Gasteiger partial charge in [-0.1, -0.05) is 145 Å². The third kappa shape index (κ3) is 5.32. The van der Waals surface area contributed by atoms with Crippen molar-refractivity contribution in [3.8, 4) is 11.1 Å². The summed E-state index contributed by atoms with van der Waals surface area (Å²) in [7, 11) is 0. The van der Waals surface area contributed by atoms with E-state index in [1.807, 2.05) is 6.07 Å². The Morgan fingerprint density at radius 3 is 1.80 bits per heavy atom. The van der Waals surface area contributed by atoms with Crippen LogP contribution in [-0.2, 0) is 10.8 Å². The third-order valence-electron chi connectivity index (χ3n) is 13.2. The van der Waals surface area contributed by atoms with Gasteiger partial charge in [0.15, 0.2) is 0 Å². The number of hydrogen-bond acceptors (Lipinski definition) is 4. The molecular weight excluding hydrogens is 743 g/mol. The highest BCUT2D eigenvalue weighted by Gasteiger charge is 2.44. The first kappa shape index (κ1) is 35.9. The molecule has 2 aromatic heterocycles. The average Bonchev–Trinajstić information content (AvgIpc) is 3.84. The van der Waals surface area contributed by atoms with E-state index in [1.165, 1.54) is 50.3 Å². The molecule has 0 unspecified atom stereocenters. The fourth-order valence-electron chi connectivity index (χ4n) is 10.1. The lowest BCUT2D eigenvalue weighted by atomic mass is 9.33. The van der Waals surface area contributed by atoms with E-state index in [-0.39, 0.29) is 17.5 Å². The van der Waals surface area contributed by atoms with Gasteiger partial charge in [-0.15, -0.1) is 0 Å². The summed E-state index contributed by atoms with van der Waals surface area (Å²) >= 11 is 0. The Bertz CT molecular complexity index is 3410. The van der Waals surface area contributed by atoms with Gasteiger partial charge in [-0.25, -0.2) is 0 Å². The molecule has 0 spiro atoms. The third-order valence-corrected chi connectivity index (χ3v) is 13.2. The van der Waals surface area contributed by atoms with Crippen molar-refractivity contribution in [3.05, 3.63) is 175 Å². The average molecular weight is 789 g/mol. The van der Waals surface area contributed by atoms with E-state index in [9.17, 15) is 0 Å². The number of furan rings is 2. The molecule has 0 amide bonds. The SMILES string of the molecule is CC(C)(C)c1ccc2c(c1)B1c3ccc(C(C)(C)C)cc3N(c3cccc4oc5ccccc5c34)c3cccc(c31)N2c1ccc(-c2cccc3c2oc2ccccc23)cc1. The molecule has 294 valence electrons. The zero-order chi connectivity index (χ0) is 41.4. The Kier molecular flexibility index (Phi) is 7.52. The molecule has 10 aromatic rings. The molecule has 0 atom stereocenters. The minimum absolute atomic E-state index is 0.0188. The first-order valence-electron chi connectivity index (χ1n) is 21.5. The first-order chi connectivity index (χ1) is 29.5. The number of fused-ring (bicyclic) bond motifs is 10. The molecule has 0 saturated heterocycles. The van der Waals surface area contributed by atoms with E-state index in [2.05, 4.69) is 209 Å². The van der Waals surface area contributed by atoms with Gasteiger partial charge in [0, 0.05) is 50.2 Å². The monoisotopic (exact) mass is 788 g/mol. The van der Waals surface area contributed by atoms with Crippen LogP contribution >= 0.6 is 0 Å². The molecule has 2 aliphatic heterocycles. The minimum Gasteiger partial charge on any atom is -0.456 e. The second-order valence-corrected chi connectivity index (χ2v) is 18.9. The highest BCUT2D eigenvalue weighted by Crippen LogP contribution is 2.48. The number of nitrogens with zero attached hydrogens (tertiary/aromatic N) is 2. The van der Waals surface area contributed by atoms with Crippen LogP contribution in [0.15, 0.2) is 173 Å². The maximum absolute atomic E-state index is 6.52. The molecule has 4 heterocycles. The molecule has 0 saturated carbocycles. The largest absolute Gasteiger partial charge is 0.456 e. The molecule has 4 nitrogen and oxygen atoms in total. The molecule has 2 aliphatic rings. The van der Waals surface area contributed by atoms with Gasteiger partial charge in [0.25, 0.3) is 6.71 Å². The summed E-state index contributed by atoms with van der Waals surface area (Å²) in [5.74, 6) is 0. The number of hydrogen-bond donors (Lipinski definition) is 0. The molecule has 61 heavy (non-hydrogen) atoms. The summed E-state index contributed by atoms with van der Waals surface area (Å²) in [6, 6.07) is 60.1. The molecule has 5 heteroatoms. The van der Waals surface area contributed by atoms with Gasteiger partial charge in [0.1, 0.15) is 22.3 Å². The zero-order valence-corrected chi connectivity index (χ0v) is 35.4. The first-order valence-corrected chi connectivity index (χ1v) is 21.5. The van der Waals surface area contributed by atoms with Crippen LogP contribution < -0.4 is 26.2 Å². The molecule has 12 rings (SSSR count). The lowest BCUT2D eigenvalue weighted by Gasteiger charge is -2.45. The van der Waals surface area contributed by atoms with Crippen LogP contribution in [0, 0.1) is 0 Å². The highest BCUT2D eigenvalue weighted by molar-refractivity contribution is 7.00. The molecule has 0 N–H and O–H groups in total. The van der Waals surface area contributed by atoms with Crippen molar-refractivity contribution in [2.24, 2.45) is 0 Å². The fourth-order valence-corrected chi connectivity index (χ4v) is 10.1. The Morgan fingerprint density at radius 2 is 1.03 bits per heavy atom. The van der Waals surface area contributed by atoms with E-state index >= 15 is 0 Å². The van der Waals surface area contributed by atoms with Gasteiger partial charge >= 0.3 is 0 Å². The molecule has 0 radical (unpaired) electrons. The number of benzene rings is 8. The van der Waals surface area contributed by atoms with Gasteiger partial charge in [-0.05, 0) is 105 Å². The Hall–Kier alpha value is -6.98. The lowest BCUT2D eigenvalue weighted by Crippen LogP contribution is -2.61. The second kappa shape index (κ2) is 12.8. The van der Waals surface area contributed by atoms with Gasteiger partial charge in [-0.2, -0.15) is 0 Å². The second-order valence-electron chi connectivity index (χ2n) is 18.9. The molecule has 0 fully saturated rings. The van der Waals surface area contributed by atoms with Crippen LogP contribution in [0.5, 0.6) is 0 Å². The van der Waals surface area contributed by atoms with Crippen LogP contribution in [0.25, 0.3) is 55.0 Å². The summed E-state index contributed by atoms with van der Waals surface area (Å²) in [6.45, 7) is 13.9. The predicted octanol–water partition coefficient (Wildman–Crippen LogP) is 13.8. The number of anilines is 6. The van der Waals surface area contributed by atoms with Crippen molar-refractivity contribution in [2.45, 2.75) is 52.4 Å². The summed E-state index contributed by atoms with van der Waals surface area (Å²) in [5.41, 5.74) is 19.3. The topological polar surface area (TPSA) is 32.8 Å². The van der Waals surface area contributed by atoms with E-state index < -0.39 is 0 Å². The molecule has 8 aromatic carbocycles. The molecule has 0 bridgehead atoms.